The fraction of sp³-hybridized carbons (Fsp3) is 0.0678. The molecule has 0 spiro atoms. The molecule has 4 heterocycles. The van der Waals surface area contributed by atoms with Crippen molar-refractivity contribution in [2.45, 2.75) is 26.2 Å². The molecule has 0 atom stereocenters. The largest absolute Gasteiger partial charge is 0.308 e. The third kappa shape index (κ3) is 8.52. The van der Waals surface area contributed by atoms with Crippen LogP contribution in [-0.4, -0.2) is 29.5 Å². The lowest BCUT2D eigenvalue weighted by Crippen LogP contribution is -2.04. The molecule has 0 aliphatic heterocycles. The Morgan fingerprint density at radius 2 is 1.04 bits per heavy atom. The minimum absolute atomic E-state index is 0.572. The number of thiophene rings is 1. The second-order valence-corrected chi connectivity index (χ2v) is 21.9. The molecular weight excluding hydrogens is 1210 g/mol. The number of fused-ring (bicyclic) bond motifs is 7. The van der Waals surface area contributed by atoms with Crippen molar-refractivity contribution in [2.75, 3.05) is 0 Å². The quantitative estimate of drug-likeness (QED) is 0.128. The smallest absolute Gasteiger partial charge is 0.164 e. The summed E-state index contributed by atoms with van der Waals surface area (Å²) in [5.41, 5.74) is 11.7. The number of benzene rings is 8. The van der Waals surface area contributed by atoms with E-state index in [0.717, 1.165) is 91.5 Å². The van der Waals surface area contributed by atoms with Crippen LogP contribution in [0.1, 0.15) is 25.3 Å². The second-order valence-electron chi connectivity index (χ2n) is 17.1. The van der Waals surface area contributed by atoms with E-state index in [1.807, 2.05) is 23.5 Å². The zero-order chi connectivity index (χ0) is 46.6. The number of aryl methyl sites for hydroxylation is 1. The minimum atomic E-state index is 0.572. The van der Waals surface area contributed by atoms with E-state index in [2.05, 4.69) is 249 Å². The highest BCUT2D eigenvalue weighted by Gasteiger charge is 2.23. The predicted octanol–water partition coefficient (Wildman–Crippen LogP) is 17.3. The van der Waals surface area contributed by atoms with Crippen molar-refractivity contribution in [1.29, 1.82) is 0 Å². The van der Waals surface area contributed by atoms with Gasteiger partial charge >= 0.3 is 0 Å². The van der Waals surface area contributed by atoms with Gasteiger partial charge in [0.15, 0.2) is 23.3 Å². The highest BCUT2D eigenvalue weighted by Crippen LogP contribution is 2.45. The molecule has 12 rings (SSSR count). The Hall–Kier alpha value is -5.94. The van der Waals surface area contributed by atoms with Crippen LogP contribution < -0.4 is 0 Å². The molecule has 0 amide bonds. The second kappa shape index (κ2) is 18.8. The maximum Gasteiger partial charge on any atom is 0.164 e. The van der Waals surface area contributed by atoms with Crippen LogP contribution in [0, 0.1) is 10.7 Å². The van der Waals surface area contributed by atoms with Gasteiger partial charge in [-0.05, 0) is 165 Å². The predicted molar refractivity (Wildman–Crippen MR) is 312 cm³/mol. The van der Waals surface area contributed by atoms with E-state index in [1.54, 1.807) is 0 Å². The van der Waals surface area contributed by atoms with Crippen molar-refractivity contribution in [3.8, 4) is 73.8 Å². The monoisotopic (exact) mass is 1240 g/mol. The van der Waals surface area contributed by atoms with Crippen LogP contribution in [0.5, 0.6) is 0 Å². The summed E-state index contributed by atoms with van der Waals surface area (Å²) in [5.74, 6) is 2.42. The Balaban J connectivity index is 1.15. The summed E-state index contributed by atoms with van der Waals surface area (Å²) in [6.07, 6.45) is 3.23. The van der Waals surface area contributed by atoms with Crippen molar-refractivity contribution >= 4 is 121 Å². The molecule has 69 heavy (non-hydrogen) atoms. The lowest BCUT2D eigenvalue weighted by atomic mass is 10.0. The first-order chi connectivity index (χ1) is 33.8. The van der Waals surface area contributed by atoms with Crippen LogP contribution in [-0.2, 0) is 6.42 Å². The molecule has 0 aliphatic carbocycles. The Labute approximate surface area is 444 Å². The normalized spacial score (nSPS) is 11.7. The van der Waals surface area contributed by atoms with E-state index >= 15 is 0 Å². The molecular formula is C59H39I3N6S. The molecule has 332 valence electrons. The highest BCUT2D eigenvalue weighted by molar-refractivity contribution is 14.1. The van der Waals surface area contributed by atoms with Gasteiger partial charge in [0.05, 0.1) is 28.1 Å². The van der Waals surface area contributed by atoms with Crippen LogP contribution >= 0.6 is 79.1 Å². The summed E-state index contributed by atoms with van der Waals surface area (Å²) < 4.78 is 8.34. The van der Waals surface area contributed by atoms with Crippen LogP contribution in [0.4, 0.5) is 0 Å². The van der Waals surface area contributed by atoms with Gasteiger partial charge in [-0.15, -0.1) is 11.3 Å². The molecule has 0 bridgehead atoms. The molecule has 0 radical (unpaired) electrons. The van der Waals surface area contributed by atoms with Gasteiger partial charge in [-0.2, -0.15) is 0 Å². The molecule has 4 aromatic heterocycles. The number of para-hydroxylation sites is 1. The van der Waals surface area contributed by atoms with Gasteiger partial charge in [0, 0.05) is 75.0 Å². The van der Waals surface area contributed by atoms with E-state index in [1.165, 1.54) is 36.5 Å². The topological polar surface area (TPSA) is 69.4 Å². The van der Waals surface area contributed by atoms with Crippen molar-refractivity contribution in [2.24, 2.45) is 0 Å². The van der Waals surface area contributed by atoms with E-state index in [0.29, 0.717) is 23.3 Å². The van der Waals surface area contributed by atoms with Gasteiger partial charge in [-0.1, -0.05) is 116 Å². The van der Waals surface area contributed by atoms with Gasteiger partial charge in [0.25, 0.3) is 0 Å². The molecule has 6 nitrogen and oxygen atoms in total. The van der Waals surface area contributed by atoms with Crippen LogP contribution in [0.2, 0.25) is 0 Å². The fourth-order valence-corrected chi connectivity index (χ4v) is 13.3. The van der Waals surface area contributed by atoms with E-state index in [-0.39, 0.29) is 0 Å². The zero-order valence-corrected chi connectivity index (χ0v) is 44.5. The molecule has 0 aliphatic rings. The van der Waals surface area contributed by atoms with Crippen molar-refractivity contribution in [3.63, 3.8) is 0 Å². The fourth-order valence-electron chi connectivity index (χ4n) is 9.38. The number of aromatic nitrogens is 6. The van der Waals surface area contributed by atoms with E-state index in [9.17, 15) is 0 Å². The van der Waals surface area contributed by atoms with Gasteiger partial charge in [-0.25, -0.2) is 24.9 Å². The number of nitrogens with zero attached hydrogens (tertiary/aromatic N) is 6. The van der Waals surface area contributed by atoms with Crippen LogP contribution in [0.25, 0.3) is 116 Å². The summed E-state index contributed by atoms with van der Waals surface area (Å²) in [7, 11) is 0. The molecule has 8 aromatic carbocycles. The standard InChI is InChI=1S/C59H39I3N6S/c1-2-3-14-35-27-39(29-41(60)28-35)57-65-56(66-58(67-57)40-30-42(61)33-43(62)31-40)38-23-25-51(47(32-38)59-63-48(36-15-6-4-7-16-36)34-49(64-59)37-17-8-5-9-18-37)68-50-21-12-10-20-46(50)54-52(68)26-24-45-44-19-11-13-22-53(44)69-55(45)54/h4-13,15-34H,2-3,14H2,1H3. The highest BCUT2D eigenvalue weighted by atomic mass is 127. The SMILES string of the molecule is CCCCc1cc(I)cc(-c2nc(-c3cc(I)cc(I)c3)nc(-c3ccc(-n4c5ccccc5c5c6sc7ccccc7c6ccc54)c(-c4nc(-c5ccccc5)cc(-c5ccccc5)n4)c3)n2)c1. The van der Waals surface area contributed by atoms with E-state index in [4.69, 9.17) is 24.9 Å². The molecule has 0 unspecified atom stereocenters. The van der Waals surface area contributed by atoms with Gasteiger partial charge in [0.1, 0.15) is 0 Å². The lowest BCUT2D eigenvalue weighted by molar-refractivity contribution is 0.795. The first-order valence-corrected chi connectivity index (χ1v) is 26.9. The first kappa shape index (κ1) is 44.3. The third-order valence-electron chi connectivity index (χ3n) is 12.6. The molecule has 12 aromatic rings. The Kier molecular flexibility index (Phi) is 12.0. The summed E-state index contributed by atoms with van der Waals surface area (Å²) in [6.45, 7) is 2.23. The maximum absolute atomic E-state index is 5.46. The lowest BCUT2D eigenvalue weighted by Gasteiger charge is -2.17. The zero-order valence-electron chi connectivity index (χ0n) is 37.2. The summed E-state index contributed by atoms with van der Waals surface area (Å²) in [5, 5.41) is 4.97. The summed E-state index contributed by atoms with van der Waals surface area (Å²) in [4.78, 5) is 26.8. The van der Waals surface area contributed by atoms with Crippen molar-refractivity contribution < 1.29 is 0 Å². The Morgan fingerprint density at radius 1 is 0.449 bits per heavy atom. The first-order valence-electron chi connectivity index (χ1n) is 22.9. The summed E-state index contributed by atoms with van der Waals surface area (Å²) >= 11 is 9.04. The average molecular weight is 1240 g/mol. The van der Waals surface area contributed by atoms with Crippen LogP contribution in [0.3, 0.4) is 0 Å². The Morgan fingerprint density at radius 3 is 1.72 bits per heavy atom. The Bertz CT molecular complexity index is 3870. The number of hydrogen-bond acceptors (Lipinski definition) is 6. The molecule has 0 fully saturated rings. The molecule has 0 saturated heterocycles. The van der Waals surface area contributed by atoms with Crippen LogP contribution in [0.15, 0.2) is 182 Å². The third-order valence-corrected chi connectivity index (χ3v) is 15.6. The number of unbranched alkanes of at least 4 members (excludes halogenated alkanes) is 1. The molecule has 10 heteroatoms. The minimum Gasteiger partial charge on any atom is -0.308 e. The van der Waals surface area contributed by atoms with Gasteiger partial charge in [-0.3, -0.25) is 0 Å². The number of hydrogen-bond donors (Lipinski definition) is 0. The van der Waals surface area contributed by atoms with Gasteiger partial charge < -0.3 is 4.57 Å². The van der Waals surface area contributed by atoms with Crippen molar-refractivity contribution in [3.05, 3.63) is 198 Å². The van der Waals surface area contributed by atoms with E-state index < -0.39 is 0 Å². The molecule has 0 saturated carbocycles. The maximum atomic E-state index is 5.46. The van der Waals surface area contributed by atoms with Gasteiger partial charge in [0.2, 0.25) is 0 Å². The number of halogens is 3. The average Bonchev–Trinajstić information content (AvgIpc) is 3.93. The summed E-state index contributed by atoms with van der Waals surface area (Å²) in [6, 6.07) is 64.6. The number of rotatable bonds is 10. The molecule has 0 N–H and O–H groups in total. The van der Waals surface area contributed by atoms with Crippen molar-refractivity contribution in [1.82, 2.24) is 29.5 Å².